The Balaban J connectivity index is 2.66. The maximum Gasteiger partial charge on any atom is 0.0657 e. The van der Waals surface area contributed by atoms with Gasteiger partial charge >= 0.3 is 0 Å². The van der Waals surface area contributed by atoms with E-state index in [9.17, 15) is 0 Å². The van der Waals surface area contributed by atoms with E-state index in [0.717, 1.165) is 0 Å². The topological polar surface area (TPSA) is 50.7 Å². The van der Waals surface area contributed by atoms with Crippen LogP contribution < -0.4 is 5.32 Å². The molecule has 4 heteroatoms. The van der Waals surface area contributed by atoms with E-state index in [1.165, 1.54) is 5.56 Å². The smallest absolute Gasteiger partial charge is 0.0657 e. The largest absolute Gasteiger partial charge is 0.396 e. The van der Waals surface area contributed by atoms with Crippen LogP contribution in [0.4, 0.5) is 0 Å². The fourth-order valence-corrected chi connectivity index (χ4v) is 1.95. The van der Waals surface area contributed by atoms with E-state index in [0.29, 0.717) is 19.6 Å². The van der Waals surface area contributed by atoms with Crippen molar-refractivity contribution in [2.75, 3.05) is 34.0 Å². The molecule has 0 aliphatic heterocycles. The van der Waals surface area contributed by atoms with E-state index in [1.54, 1.807) is 14.2 Å². The van der Waals surface area contributed by atoms with Gasteiger partial charge in [0.05, 0.1) is 19.3 Å². The van der Waals surface area contributed by atoms with Gasteiger partial charge in [0, 0.05) is 26.9 Å². The van der Waals surface area contributed by atoms with Gasteiger partial charge in [0.25, 0.3) is 0 Å². The molecule has 0 saturated carbocycles. The van der Waals surface area contributed by atoms with Crippen molar-refractivity contribution in [1.82, 2.24) is 5.32 Å². The summed E-state index contributed by atoms with van der Waals surface area (Å²) in [4.78, 5) is 0. The molecule has 0 heterocycles. The maximum absolute atomic E-state index is 9.05. The number of nitrogens with one attached hydrogen (secondary N) is 1. The van der Waals surface area contributed by atoms with Gasteiger partial charge in [-0.2, -0.15) is 0 Å². The van der Waals surface area contributed by atoms with Crippen molar-refractivity contribution in [3.05, 3.63) is 35.9 Å². The third-order valence-electron chi connectivity index (χ3n) is 2.82. The summed E-state index contributed by atoms with van der Waals surface area (Å²) in [6.45, 7) is 1.32. The number of methoxy groups -OCH3 is 2. The zero-order valence-electron chi connectivity index (χ0n) is 11.1. The lowest BCUT2D eigenvalue weighted by Crippen LogP contribution is -2.38. The van der Waals surface area contributed by atoms with Crippen molar-refractivity contribution in [2.24, 2.45) is 0 Å². The van der Waals surface area contributed by atoms with Crippen LogP contribution in [0, 0.1) is 0 Å². The molecule has 2 unspecified atom stereocenters. The van der Waals surface area contributed by atoms with E-state index in [1.807, 2.05) is 18.2 Å². The molecule has 0 bridgehead atoms. The Bertz CT molecular complexity index is 299. The molecule has 0 aliphatic rings. The molecule has 0 aromatic heterocycles. The van der Waals surface area contributed by atoms with Gasteiger partial charge in [-0.1, -0.05) is 30.3 Å². The summed E-state index contributed by atoms with van der Waals surface area (Å²) >= 11 is 0. The SMILES string of the molecule is COCC(CCO)NC(COC)c1ccccc1. The van der Waals surface area contributed by atoms with Crippen molar-refractivity contribution in [1.29, 1.82) is 0 Å². The second-order valence-corrected chi connectivity index (χ2v) is 4.25. The quantitative estimate of drug-likeness (QED) is 0.698. The number of hydrogen-bond acceptors (Lipinski definition) is 4. The summed E-state index contributed by atoms with van der Waals surface area (Å²) in [5, 5.41) is 12.5. The van der Waals surface area contributed by atoms with Crippen molar-refractivity contribution in [3.63, 3.8) is 0 Å². The van der Waals surface area contributed by atoms with Crippen LogP contribution in [0.2, 0.25) is 0 Å². The van der Waals surface area contributed by atoms with E-state index in [2.05, 4.69) is 17.4 Å². The number of ether oxygens (including phenoxy) is 2. The number of benzene rings is 1. The normalized spacial score (nSPS) is 14.4. The van der Waals surface area contributed by atoms with Crippen LogP contribution in [0.15, 0.2) is 30.3 Å². The van der Waals surface area contributed by atoms with Crippen LogP contribution >= 0.6 is 0 Å². The summed E-state index contributed by atoms with van der Waals surface area (Å²) in [6.07, 6.45) is 0.668. The summed E-state index contributed by atoms with van der Waals surface area (Å²) in [7, 11) is 3.36. The molecule has 0 fully saturated rings. The summed E-state index contributed by atoms with van der Waals surface area (Å²) in [5.74, 6) is 0. The van der Waals surface area contributed by atoms with Crippen LogP contribution in [-0.2, 0) is 9.47 Å². The Morgan fingerprint density at radius 1 is 1.11 bits per heavy atom. The summed E-state index contributed by atoms with van der Waals surface area (Å²) < 4.78 is 10.4. The fourth-order valence-electron chi connectivity index (χ4n) is 1.95. The third-order valence-corrected chi connectivity index (χ3v) is 2.82. The Kier molecular flexibility index (Phi) is 7.60. The average Bonchev–Trinajstić information content (AvgIpc) is 2.40. The number of aliphatic hydroxyl groups is 1. The standard InChI is InChI=1S/C14H23NO3/c1-17-10-13(8-9-16)15-14(11-18-2)12-6-4-3-5-7-12/h3-7,13-16H,8-11H2,1-2H3. The van der Waals surface area contributed by atoms with Gasteiger partial charge in [0.1, 0.15) is 0 Å². The average molecular weight is 253 g/mol. The molecule has 1 aromatic carbocycles. The van der Waals surface area contributed by atoms with E-state index in [4.69, 9.17) is 14.6 Å². The molecule has 4 nitrogen and oxygen atoms in total. The molecular formula is C14H23NO3. The molecule has 0 spiro atoms. The van der Waals surface area contributed by atoms with E-state index < -0.39 is 0 Å². The first-order valence-corrected chi connectivity index (χ1v) is 6.21. The molecule has 0 radical (unpaired) electrons. The van der Waals surface area contributed by atoms with Gasteiger partial charge in [-0.25, -0.2) is 0 Å². The highest BCUT2D eigenvalue weighted by molar-refractivity contribution is 5.19. The lowest BCUT2D eigenvalue weighted by atomic mass is 10.1. The highest BCUT2D eigenvalue weighted by Gasteiger charge is 2.16. The highest BCUT2D eigenvalue weighted by Crippen LogP contribution is 2.14. The molecule has 2 atom stereocenters. The molecule has 0 aliphatic carbocycles. The minimum Gasteiger partial charge on any atom is -0.396 e. The molecular weight excluding hydrogens is 230 g/mol. The van der Waals surface area contributed by atoms with Gasteiger partial charge < -0.3 is 19.9 Å². The van der Waals surface area contributed by atoms with E-state index >= 15 is 0 Å². The van der Waals surface area contributed by atoms with Gasteiger partial charge in [-0.05, 0) is 12.0 Å². The number of hydrogen-bond donors (Lipinski definition) is 2. The van der Waals surface area contributed by atoms with Gasteiger partial charge in [-0.3, -0.25) is 0 Å². The monoisotopic (exact) mass is 253 g/mol. The van der Waals surface area contributed by atoms with Gasteiger partial charge in [0.15, 0.2) is 0 Å². The van der Waals surface area contributed by atoms with Crippen LogP contribution in [-0.4, -0.2) is 45.2 Å². The molecule has 1 aromatic rings. The minimum absolute atomic E-state index is 0.114. The van der Waals surface area contributed by atoms with E-state index in [-0.39, 0.29) is 18.7 Å². The van der Waals surface area contributed by atoms with Crippen LogP contribution in [0.3, 0.4) is 0 Å². The number of rotatable bonds is 9. The number of aliphatic hydroxyl groups excluding tert-OH is 1. The molecule has 2 N–H and O–H groups in total. The van der Waals surface area contributed by atoms with Crippen LogP contribution in [0.25, 0.3) is 0 Å². The fraction of sp³-hybridized carbons (Fsp3) is 0.571. The third kappa shape index (κ3) is 5.14. The molecule has 102 valence electrons. The molecule has 1 rings (SSSR count). The Morgan fingerprint density at radius 2 is 1.78 bits per heavy atom. The summed E-state index contributed by atoms with van der Waals surface area (Å²) in [5.41, 5.74) is 1.18. The first-order chi connectivity index (χ1) is 8.81. The van der Waals surface area contributed by atoms with Crippen LogP contribution in [0.5, 0.6) is 0 Å². The Labute approximate surface area is 109 Å². The van der Waals surface area contributed by atoms with Crippen molar-refractivity contribution >= 4 is 0 Å². The molecule has 0 saturated heterocycles. The maximum atomic E-state index is 9.05. The second-order valence-electron chi connectivity index (χ2n) is 4.25. The Morgan fingerprint density at radius 3 is 2.33 bits per heavy atom. The molecule has 0 amide bonds. The highest BCUT2D eigenvalue weighted by atomic mass is 16.5. The van der Waals surface area contributed by atoms with Crippen molar-refractivity contribution < 1.29 is 14.6 Å². The minimum atomic E-state index is 0.114. The van der Waals surface area contributed by atoms with Gasteiger partial charge in [0.2, 0.25) is 0 Å². The first-order valence-electron chi connectivity index (χ1n) is 6.21. The predicted molar refractivity (Wildman–Crippen MR) is 71.6 cm³/mol. The molecule has 18 heavy (non-hydrogen) atoms. The van der Waals surface area contributed by atoms with Crippen molar-refractivity contribution in [2.45, 2.75) is 18.5 Å². The lowest BCUT2D eigenvalue weighted by Gasteiger charge is -2.25. The predicted octanol–water partition coefficient (Wildman–Crippen LogP) is 1.36. The van der Waals surface area contributed by atoms with Crippen LogP contribution in [0.1, 0.15) is 18.0 Å². The first kappa shape index (κ1) is 15.1. The zero-order valence-corrected chi connectivity index (χ0v) is 11.1. The summed E-state index contributed by atoms with van der Waals surface area (Å²) in [6, 6.07) is 10.4. The second kappa shape index (κ2) is 9.05. The Hall–Kier alpha value is -0.940. The zero-order chi connectivity index (χ0) is 13.2. The van der Waals surface area contributed by atoms with Crippen molar-refractivity contribution in [3.8, 4) is 0 Å². The van der Waals surface area contributed by atoms with Gasteiger partial charge in [-0.15, -0.1) is 0 Å². The lowest BCUT2D eigenvalue weighted by molar-refractivity contribution is 0.118.